The molecular weight excluding hydrogens is 324 g/mol. The number of nitrogens with zero attached hydrogens (tertiary/aromatic N) is 1. The fourth-order valence-electron chi connectivity index (χ4n) is 4.10. The maximum Gasteiger partial charge on any atom is 0.237 e. The Morgan fingerprint density at radius 3 is 2.09 bits per heavy atom. The number of hydrogen-bond acceptors (Lipinski definition) is 4. The maximum absolute atomic E-state index is 12.4. The predicted molar refractivity (Wildman–Crippen MR) is 89.0 cm³/mol. The Bertz CT molecular complexity index is 477. The molecule has 0 radical (unpaired) electrons. The van der Waals surface area contributed by atoms with Crippen LogP contribution in [0.3, 0.4) is 0 Å². The molecule has 3 aliphatic rings. The average Bonchev–Trinajstić information content (AvgIpc) is 3.07. The molecule has 1 N–H and O–H groups in total. The number of hydrogen-bond donors (Lipinski definition) is 1. The number of likely N-dealkylation sites (tertiary alicyclic amines) is 1. The van der Waals surface area contributed by atoms with Crippen molar-refractivity contribution in [3.8, 4) is 0 Å². The maximum atomic E-state index is 12.4. The van der Waals surface area contributed by atoms with Gasteiger partial charge in [-0.25, -0.2) is 8.42 Å². The average molecular weight is 351 g/mol. The topological polar surface area (TPSA) is 66.5 Å². The monoisotopic (exact) mass is 350 g/mol. The van der Waals surface area contributed by atoms with Crippen molar-refractivity contribution in [1.82, 2.24) is 10.2 Å². The molecule has 0 bridgehead atoms. The van der Waals surface area contributed by atoms with E-state index in [0.717, 1.165) is 64.7 Å². The quantitative estimate of drug-likeness (QED) is 0.831. The van der Waals surface area contributed by atoms with E-state index in [1.165, 1.54) is 0 Å². The number of carbonyl (C=O) groups is 1. The Balaban J connectivity index is 0.00000176. The lowest BCUT2D eigenvalue weighted by Gasteiger charge is -2.22. The summed E-state index contributed by atoms with van der Waals surface area (Å²) >= 11 is 0. The molecule has 2 heterocycles. The summed E-state index contributed by atoms with van der Waals surface area (Å²) < 4.78 is 24.6. The molecule has 3 fully saturated rings. The predicted octanol–water partition coefficient (Wildman–Crippen LogP) is 1.22. The van der Waals surface area contributed by atoms with E-state index < -0.39 is 9.84 Å². The zero-order valence-corrected chi connectivity index (χ0v) is 14.6. The van der Waals surface area contributed by atoms with E-state index in [1.54, 1.807) is 4.90 Å². The normalized spacial score (nSPS) is 29.7. The highest BCUT2D eigenvalue weighted by atomic mass is 35.5. The molecule has 2 saturated heterocycles. The summed E-state index contributed by atoms with van der Waals surface area (Å²) in [6.45, 7) is 3.55. The van der Waals surface area contributed by atoms with E-state index in [2.05, 4.69) is 5.32 Å². The summed E-state index contributed by atoms with van der Waals surface area (Å²) in [6.07, 6.45) is 5.47. The summed E-state index contributed by atoms with van der Waals surface area (Å²) in [7, 11) is -3.24. The van der Waals surface area contributed by atoms with Gasteiger partial charge in [-0.3, -0.25) is 4.79 Å². The number of sulfone groups is 1. The molecule has 128 valence electrons. The molecule has 5 nitrogen and oxygen atoms in total. The van der Waals surface area contributed by atoms with Crippen molar-refractivity contribution in [2.24, 2.45) is 11.8 Å². The van der Waals surface area contributed by atoms with Crippen LogP contribution in [0.2, 0.25) is 0 Å². The summed E-state index contributed by atoms with van der Waals surface area (Å²) in [4.78, 5) is 14.2. The molecule has 0 aromatic rings. The van der Waals surface area contributed by atoms with Gasteiger partial charge in [-0.15, -0.1) is 12.4 Å². The first kappa shape index (κ1) is 18.0. The van der Waals surface area contributed by atoms with Crippen LogP contribution in [0.1, 0.15) is 38.5 Å². The van der Waals surface area contributed by atoms with Crippen LogP contribution in [0.15, 0.2) is 0 Å². The van der Waals surface area contributed by atoms with Crippen molar-refractivity contribution >= 4 is 28.2 Å². The third kappa shape index (κ3) is 3.95. The zero-order chi connectivity index (χ0) is 14.9. The van der Waals surface area contributed by atoms with Crippen molar-refractivity contribution in [3.05, 3.63) is 0 Å². The van der Waals surface area contributed by atoms with Crippen LogP contribution in [0.5, 0.6) is 0 Å². The Labute approximate surface area is 139 Å². The van der Waals surface area contributed by atoms with Gasteiger partial charge in [0.2, 0.25) is 5.91 Å². The van der Waals surface area contributed by atoms with Gasteiger partial charge in [0.25, 0.3) is 0 Å². The SMILES string of the molecule is Cl.O=C(CS(=O)(=O)C1CCCC1)N1CC[C@@H]2CNC[C@@H]2CC1. The number of halogens is 1. The van der Waals surface area contributed by atoms with Crippen molar-refractivity contribution in [2.75, 3.05) is 31.9 Å². The van der Waals surface area contributed by atoms with Gasteiger partial charge >= 0.3 is 0 Å². The highest BCUT2D eigenvalue weighted by molar-refractivity contribution is 7.92. The number of carbonyl (C=O) groups excluding carboxylic acids is 1. The molecule has 7 heteroatoms. The van der Waals surface area contributed by atoms with Gasteiger partial charge in [-0.1, -0.05) is 12.8 Å². The van der Waals surface area contributed by atoms with E-state index in [4.69, 9.17) is 0 Å². The van der Waals surface area contributed by atoms with Gasteiger partial charge in [-0.2, -0.15) is 0 Å². The number of fused-ring (bicyclic) bond motifs is 1. The third-order valence-corrected chi connectivity index (χ3v) is 7.64. The largest absolute Gasteiger partial charge is 0.342 e. The number of rotatable bonds is 3. The molecule has 22 heavy (non-hydrogen) atoms. The fraction of sp³-hybridized carbons (Fsp3) is 0.933. The first-order chi connectivity index (χ1) is 10.1. The third-order valence-electron chi connectivity index (χ3n) is 5.51. The second-order valence-corrected chi connectivity index (χ2v) is 9.13. The molecule has 1 saturated carbocycles. The van der Waals surface area contributed by atoms with Crippen LogP contribution in [0, 0.1) is 11.8 Å². The Morgan fingerprint density at radius 1 is 1.00 bits per heavy atom. The van der Waals surface area contributed by atoms with Gasteiger partial charge in [0.05, 0.1) is 5.25 Å². The summed E-state index contributed by atoms with van der Waals surface area (Å²) in [5, 5.41) is 3.15. The molecule has 1 aliphatic carbocycles. The van der Waals surface area contributed by atoms with Crippen LogP contribution in [0.25, 0.3) is 0 Å². The lowest BCUT2D eigenvalue weighted by atomic mass is 9.92. The van der Waals surface area contributed by atoms with Crippen LogP contribution < -0.4 is 5.32 Å². The number of amides is 1. The van der Waals surface area contributed by atoms with E-state index in [1.807, 2.05) is 0 Å². The Hall–Kier alpha value is -0.330. The molecule has 2 aliphatic heterocycles. The van der Waals surface area contributed by atoms with Crippen LogP contribution >= 0.6 is 12.4 Å². The van der Waals surface area contributed by atoms with Crippen LogP contribution in [-0.4, -0.2) is 56.4 Å². The summed E-state index contributed by atoms with van der Waals surface area (Å²) in [6, 6.07) is 0. The lowest BCUT2D eigenvalue weighted by Crippen LogP contribution is -2.39. The minimum Gasteiger partial charge on any atom is -0.342 e. The highest BCUT2D eigenvalue weighted by Gasteiger charge is 2.35. The molecule has 2 atom stereocenters. The van der Waals surface area contributed by atoms with E-state index >= 15 is 0 Å². The summed E-state index contributed by atoms with van der Waals surface area (Å²) in [5.74, 6) is 0.879. The van der Waals surface area contributed by atoms with Crippen molar-refractivity contribution in [3.63, 3.8) is 0 Å². The van der Waals surface area contributed by atoms with Gasteiger partial charge < -0.3 is 10.2 Å². The minimum absolute atomic E-state index is 0. The smallest absolute Gasteiger partial charge is 0.237 e. The minimum atomic E-state index is -3.24. The Kier molecular flexibility index (Phi) is 6.14. The second kappa shape index (κ2) is 7.49. The van der Waals surface area contributed by atoms with Crippen LogP contribution in [-0.2, 0) is 14.6 Å². The molecule has 0 spiro atoms. The molecule has 3 rings (SSSR count). The summed E-state index contributed by atoms with van der Waals surface area (Å²) in [5.41, 5.74) is 0. The first-order valence-corrected chi connectivity index (χ1v) is 9.98. The Morgan fingerprint density at radius 2 is 1.55 bits per heavy atom. The van der Waals surface area contributed by atoms with E-state index in [9.17, 15) is 13.2 Å². The number of nitrogens with one attached hydrogen (secondary N) is 1. The second-order valence-electron chi connectivity index (χ2n) is 6.85. The van der Waals surface area contributed by atoms with Gasteiger partial charge in [-0.05, 0) is 50.6 Å². The van der Waals surface area contributed by atoms with Crippen molar-refractivity contribution in [1.29, 1.82) is 0 Å². The van der Waals surface area contributed by atoms with Crippen molar-refractivity contribution in [2.45, 2.75) is 43.8 Å². The molecular formula is C15H27ClN2O3S. The van der Waals surface area contributed by atoms with Crippen molar-refractivity contribution < 1.29 is 13.2 Å². The first-order valence-electron chi connectivity index (χ1n) is 8.26. The lowest BCUT2D eigenvalue weighted by molar-refractivity contribution is -0.128. The zero-order valence-electron chi connectivity index (χ0n) is 13.0. The highest BCUT2D eigenvalue weighted by Crippen LogP contribution is 2.28. The molecule has 1 amide bonds. The molecule has 0 aromatic carbocycles. The van der Waals surface area contributed by atoms with Gasteiger partial charge in [0, 0.05) is 13.1 Å². The fourth-order valence-corrected chi connectivity index (χ4v) is 5.91. The standard InChI is InChI=1S/C15H26N2O3S.ClH/c18-15(11-21(19,20)14-3-1-2-4-14)17-7-5-12-9-16-10-13(12)6-8-17;/h12-14,16H,1-11H2;1H/t12-,13+;. The van der Waals surface area contributed by atoms with Crippen LogP contribution in [0.4, 0.5) is 0 Å². The van der Waals surface area contributed by atoms with Gasteiger partial charge in [0.15, 0.2) is 9.84 Å². The molecule has 0 aromatic heterocycles. The van der Waals surface area contributed by atoms with E-state index in [0.29, 0.717) is 11.8 Å². The molecule has 0 unspecified atom stereocenters. The van der Waals surface area contributed by atoms with Gasteiger partial charge in [0.1, 0.15) is 5.75 Å². The van der Waals surface area contributed by atoms with E-state index in [-0.39, 0.29) is 29.3 Å².